The molecule has 0 aromatic rings. The number of nitrogens with one attached hydrogen (secondary N) is 2. The summed E-state index contributed by atoms with van der Waals surface area (Å²) in [6, 6.07) is -0.746. The van der Waals surface area contributed by atoms with Gasteiger partial charge in [0.05, 0.1) is 0 Å². The minimum atomic E-state index is -1.23. The average Bonchev–Trinajstić information content (AvgIpc) is 2.35. The van der Waals surface area contributed by atoms with Crippen molar-refractivity contribution >= 4 is 17.8 Å². The molecule has 0 radical (unpaired) electrons. The van der Waals surface area contributed by atoms with E-state index in [0.29, 0.717) is 0 Å². The highest BCUT2D eigenvalue weighted by atomic mass is 16.2. The van der Waals surface area contributed by atoms with Gasteiger partial charge >= 0.3 is 6.03 Å². The molecule has 0 aromatic heterocycles. The molecule has 1 atom stereocenters. The lowest BCUT2D eigenvalue weighted by molar-refractivity contribution is -0.147. The summed E-state index contributed by atoms with van der Waals surface area (Å²) < 4.78 is 0. The van der Waals surface area contributed by atoms with E-state index in [-0.39, 0.29) is 12.3 Å². The summed E-state index contributed by atoms with van der Waals surface area (Å²) in [5.74, 6) is -1.22. The highest BCUT2D eigenvalue weighted by Crippen LogP contribution is 2.40. The Morgan fingerprint density at radius 1 is 1.33 bits per heavy atom. The number of rotatable bonds is 3. The van der Waals surface area contributed by atoms with E-state index in [1.54, 1.807) is 6.08 Å². The Hall–Kier alpha value is -1.91. The molecule has 2 aliphatic rings. The number of amides is 4. The molecule has 96 valence electrons. The Morgan fingerprint density at radius 3 is 2.50 bits per heavy atom. The molecule has 18 heavy (non-hydrogen) atoms. The van der Waals surface area contributed by atoms with Crippen molar-refractivity contribution in [2.75, 3.05) is 0 Å². The molecular weight excluding hydrogens is 232 g/mol. The van der Waals surface area contributed by atoms with Crippen molar-refractivity contribution in [1.82, 2.24) is 10.6 Å². The van der Waals surface area contributed by atoms with Gasteiger partial charge in [0.1, 0.15) is 5.41 Å². The van der Waals surface area contributed by atoms with Gasteiger partial charge in [-0.1, -0.05) is 18.2 Å². The Balaban J connectivity index is 2.41. The van der Waals surface area contributed by atoms with Gasteiger partial charge in [0, 0.05) is 5.92 Å². The number of barbiturate groups is 1. The summed E-state index contributed by atoms with van der Waals surface area (Å²) >= 11 is 0. The van der Waals surface area contributed by atoms with Crippen LogP contribution in [0, 0.1) is 11.3 Å². The summed E-state index contributed by atoms with van der Waals surface area (Å²) in [6.45, 7) is 3.61. The maximum Gasteiger partial charge on any atom is 0.328 e. The molecular formula is C13H16N2O3. The average molecular weight is 248 g/mol. The predicted octanol–water partition coefficient (Wildman–Crippen LogP) is 1.27. The first kappa shape index (κ1) is 12.5. The normalized spacial score (nSPS) is 26.4. The van der Waals surface area contributed by atoms with E-state index in [0.717, 1.165) is 19.3 Å². The van der Waals surface area contributed by atoms with Crippen LogP contribution in [0.4, 0.5) is 4.79 Å². The number of hydrogen-bond donors (Lipinski definition) is 2. The lowest BCUT2D eigenvalue weighted by atomic mass is 9.67. The summed E-state index contributed by atoms with van der Waals surface area (Å²) in [4.78, 5) is 35.5. The highest BCUT2D eigenvalue weighted by molar-refractivity contribution is 6.19. The zero-order valence-electron chi connectivity index (χ0n) is 10.1. The monoisotopic (exact) mass is 248 g/mol. The van der Waals surface area contributed by atoms with Crippen molar-refractivity contribution in [3.63, 3.8) is 0 Å². The quantitative estimate of drug-likeness (QED) is 0.583. The summed E-state index contributed by atoms with van der Waals surface area (Å²) in [5.41, 5.74) is -1.23. The van der Waals surface area contributed by atoms with Crippen LogP contribution in [0.15, 0.2) is 24.8 Å². The number of urea groups is 1. The van der Waals surface area contributed by atoms with Crippen molar-refractivity contribution in [3.8, 4) is 0 Å². The number of carbonyl (C=O) groups is 3. The van der Waals surface area contributed by atoms with Crippen molar-refractivity contribution in [2.24, 2.45) is 11.3 Å². The van der Waals surface area contributed by atoms with Crippen LogP contribution >= 0.6 is 0 Å². The third kappa shape index (κ3) is 1.85. The van der Waals surface area contributed by atoms with Gasteiger partial charge in [-0.05, 0) is 25.7 Å². The smallest absolute Gasteiger partial charge is 0.277 e. The third-order valence-corrected chi connectivity index (χ3v) is 3.62. The molecule has 0 saturated carbocycles. The summed E-state index contributed by atoms with van der Waals surface area (Å²) in [5, 5.41) is 4.38. The zero-order chi connectivity index (χ0) is 13.2. The van der Waals surface area contributed by atoms with Gasteiger partial charge in [-0.3, -0.25) is 20.2 Å². The molecule has 1 fully saturated rings. The topological polar surface area (TPSA) is 75.3 Å². The second kappa shape index (κ2) is 4.76. The first-order valence-electron chi connectivity index (χ1n) is 6.05. The minimum Gasteiger partial charge on any atom is -0.277 e. The molecule has 1 saturated heterocycles. The molecule has 1 heterocycles. The zero-order valence-corrected chi connectivity index (χ0v) is 10.1. The maximum atomic E-state index is 12.2. The first-order valence-corrected chi connectivity index (χ1v) is 6.05. The standard InChI is InChI=1S/C13H16N2O3/c1-2-8-13(9-6-4-3-5-7-9)10(16)14-12(18)15-11(13)17/h2,4,6,9H,1,3,5,7-8H2,(H2,14,15,16,17,18). The van der Waals surface area contributed by atoms with Gasteiger partial charge in [-0.15, -0.1) is 6.58 Å². The van der Waals surface area contributed by atoms with Crippen LogP contribution in [0.2, 0.25) is 0 Å². The predicted molar refractivity (Wildman–Crippen MR) is 65.4 cm³/mol. The van der Waals surface area contributed by atoms with E-state index in [1.165, 1.54) is 0 Å². The van der Waals surface area contributed by atoms with Crippen molar-refractivity contribution in [3.05, 3.63) is 24.8 Å². The van der Waals surface area contributed by atoms with Crippen LogP contribution in [-0.2, 0) is 9.59 Å². The summed E-state index contributed by atoms with van der Waals surface area (Å²) in [6.07, 6.45) is 8.33. The Kier molecular flexibility index (Phi) is 3.32. The largest absolute Gasteiger partial charge is 0.328 e. The molecule has 5 nitrogen and oxygen atoms in total. The van der Waals surface area contributed by atoms with Crippen molar-refractivity contribution in [1.29, 1.82) is 0 Å². The van der Waals surface area contributed by atoms with Crippen LogP contribution < -0.4 is 10.6 Å². The fourth-order valence-electron chi connectivity index (χ4n) is 2.69. The van der Waals surface area contributed by atoms with E-state index in [1.807, 2.05) is 12.2 Å². The SMILES string of the molecule is C=CCC1(C2C=CCCC2)C(=O)NC(=O)NC1=O. The van der Waals surface area contributed by atoms with E-state index in [9.17, 15) is 14.4 Å². The van der Waals surface area contributed by atoms with E-state index in [2.05, 4.69) is 17.2 Å². The van der Waals surface area contributed by atoms with Crippen LogP contribution in [0.5, 0.6) is 0 Å². The van der Waals surface area contributed by atoms with Crippen molar-refractivity contribution < 1.29 is 14.4 Å². The molecule has 2 N–H and O–H groups in total. The lowest BCUT2D eigenvalue weighted by Gasteiger charge is -2.39. The molecule has 0 spiro atoms. The molecule has 1 unspecified atom stereocenters. The van der Waals surface area contributed by atoms with Crippen LogP contribution in [0.1, 0.15) is 25.7 Å². The Bertz CT molecular complexity index is 420. The lowest BCUT2D eigenvalue weighted by Crippen LogP contribution is -2.64. The molecule has 1 aliphatic carbocycles. The highest BCUT2D eigenvalue weighted by Gasteiger charge is 2.53. The van der Waals surface area contributed by atoms with E-state index in [4.69, 9.17) is 0 Å². The van der Waals surface area contributed by atoms with Gasteiger partial charge in [-0.2, -0.15) is 0 Å². The Labute approximate surface area is 105 Å². The second-order valence-corrected chi connectivity index (χ2v) is 4.67. The van der Waals surface area contributed by atoms with Gasteiger partial charge in [0.25, 0.3) is 0 Å². The molecule has 2 rings (SSSR count). The van der Waals surface area contributed by atoms with Crippen LogP contribution in [0.3, 0.4) is 0 Å². The number of allylic oxidation sites excluding steroid dienone is 3. The van der Waals surface area contributed by atoms with Crippen LogP contribution in [-0.4, -0.2) is 17.8 Å². The van der Waals surface area contributed by atoms with Gasteiger partial charge < -0.3 is 0 Å². The molecule has 0 bridgehead atoms. The second-order valence-electron chi connectivity index (χ2n) is 4.67. The number of imide groups is 2. The fourth-order valence-corrected chi connectivity index (χ4v) is 2.69. The van der Waals surface area contributed by atoms with Gasteiger partial charge in [0.2, 0.25) is 11.8 Å². The fraction of sp³-hybridized carbons (Fsp3) is 0.462. The number of carbonyl (C=O) groups excluding carboxylic acids is 3. The van der Waals surface area contributed by atoms with E-state index >= 15 is 0 Å². The molecule has 4 amide bonds. The minimum absolute atomic E-state index is 0.183. The van der Waals surface area contributed by atoms with Gasteiger partial charge in [0.15, 0.2) is 0 Å². The van der Waals surface area contributed by atoms with Crippen molar-refractivity contribution in [2.45, 2.75) is 25.7 Å². The molecule has 5 heteroatoms. The van der Waals surface area contributed by atoms with Crippen LogP contribution in [0.25, 0.3) is 0 Å². The van der Waals surface area contributed by atoms with E-state index < -0.39 is 23.3 Å². The first-order chi connectivity index (χ1) is 8.61. The third-order valence-electron chi connectivity index (χ3n) is 3.62. The molecule has 1 aliphatic heterocycles. The Morgan fingerprint density at radius 2 is 2.00 bits per heavy atom. The number of hydrogen-bond acceptors (Lipinski definition) is 3. The summed E-state index contributed by atoms with van der Waals surface area (Å²) in [7, 11) is 0. The molecule has 0 aromatic carbocycles. The van der Waals surface area contributed by atoms with Gasteiger partial charge in [-0.25, -0.2) is 4.79 Å². The maximum absolute atomic E-state index is 12.2.